The number of carbonyl (C=O) groups excluding carboxylic acids is 3. The van der Waals surface area contributed by atoms with Crippen LogP contribution < -0.4 is 5.32 Å². The molecule has 8 heteroatoms. The summed E-state index contributed by atoms with van der Waals surface area (Å²) in [6.07, 6.45) is 2.34. The number of likely N-dealkylation sites (tertiary alicyclic amines) is 1. The van der Waals surface area contributed by atoms with Gasteiger partial charge in [-0.1, -0.05) is 55.1 Å². The van der Waals surface area contributed by atoms with Crippen LogP contribution in [0.1, 0.15) is 28.2 Å². The van der Waals surface area contributed by atoms with Gasteiger partial charge in [-0.2, -0.15) is 0 Å². The number of nitrogens with zero attached hydrogens (tertiary/aromatic N) is 2. The minimum absolute atomic E-state index is 0.0422. The number of aromatic nitrogens is 1. The molecule has 1 saturated heterocycles. The molecule has 2 atom stereocenters. The van der Waals surface area contributed by atoms with Crippen LogP contribution in [0, 0.1) is 0 Å². The molecule has 1 N–H and O–H groups in total. The number of alkyl carbamates (subject to hydrolysis) is 1. The number of thiazole rings is 1. The molecule has 4 rings (SSSR count). The summed E-state index contributed by atoms with van der Waals surface area (Å²) in [5.74, 6) is -0.457. The van der Waals surface area contributed by atoms with Crippen molar-refractivity contribution in [2.45, 2.75) is 31.3 Å². The molecule has 2 amide bonds. The maximum absolute atomic E-state index is 13.5. The summed E-state index contributed by atoms with van der Waals surface area (Å²) in [5, 5.41) is 3.07. The first-order chi connectivity index (χ1) is 16.1. The molecular formula is C25H25N3O4S. The van der Waals surface area contributed by atoms with Gasteiger partial charge in [-0.3, -0.25) is 9.59 Å². The lowest BCUT2D eigenvalue weighted by molar-refractivity contribution is -0.133. The number of nitrogens with one attached hydrogen (secondary N) is 1. The van der Waals surface area contributed by atoms with Crippen molar-refractivity contribution in [1.29, 1.82) is 0 Å². The van der Waals surface area contributed by atoms with Crippen molar-refractivity contribution in [2.24, 2.45) is 0 Å². The smallest absolute Gasteiger partial charge is 0.408 e. The van der Waals surface area contributed by atoms with E-state index in [2.05, 4.69) is 16.9 Å². The van der Waals surface area contributed by atoms with Gasteiger partial charge in [0.2, 0.25) is 11.7 Å². The van der Waals surface area contributed by atoms with E-state index in [1.54, 1.807) is 4.90 Å². The van der Waals surface area contributed by atoms with Crippen molar-refractivity contribution in [2.75, 3.05) is 13.2 Å². The third-order valence-electron chi connectivity index (χ3n) is 5.55. The molecule has 1 aliphatic rings. The first kappa shape index (κ1) is 22.7. The summed E-state index contributed by atoms with van der Waals surface area (Å²) in [7, 11) is 0. The molecule has 7 nitrogen and oxygen atoms in total. The first-order valence-electron chi connectivity index (χ1n) is 10.8. The summed E-state index contributed by atoms with van der Waals surface area (Å²) in [5.41, 5.74) is 1.67. The highest BCUT2D eigenvalue weighted by Gasteiger charge is 2.39. The first-order valence-corrected chi connectivity index (χ1v) is 11.7. The predicted molar refractivity (Wildman–Crippen MR) is 127 cm³/mol. The number of benzene rings is 2. The highest BCUT2D eigenvalue weighted by molar-refractivity contribution is 7.20. The average molecular weight is 464 g/mol. The second kappa shape index (κ2) is 10.4. The minimum Gasteiger partial charge on any atom is -0.445 e. The molecule has 2 aromatic carbocycles. The SMILES string of the molecule is C=CCOC(=O)N[C@@H](Cc1ccccc1)C(=O)N1CCC[C@H]1C(=O)c1nc2ccccc2s1. The molecule has 0 unspecified atom stereocenters. The van der Waals surface area contributed by atoms with Crippen LogP contribution in [0.3, 0.4) is 0 Å². The van der Waals surface area contributed by atoms with Crippen LogP contribution in [0.15, 0.2) is 67.3 Å². The van der Waals surface area contributed by atoms with Gasteiger partial charge >= 0.3 is 6.09 Å². The number of para-hydroxylation sites is 1. The number of hydrogen-bond acceptors (Lipinski definition) is 6. The second-order valence-electron chi connectivity index (χ2n) is 7.81. The molecule has 0 saturated carbocycles. The maximum atomic E-state index is 13.5. The Morgan fingerprint density at radius 1 is 1.18 bits per heavy atom. The van der Waals surface area contributed by atoms with Crippen LogP contribution in [-0.4, -0.2) is 52.9 Å². The zero-order valence-corrected chi connectivity index (χ0v) is 18.9. The van der Waals surface area contributed by atoms with E-state index >= 15 is 0 Å². The normalized spacial score (nSPS) is 16.4. The Hall–Kier alpha value is -3.52. The predicted octanol–water partition coefficient (Wildman–Crippen LogP) is 3.99. The van der Waals surface area contributed by atoms with E-state index in [4.69, 9.17) is 4.74 Å². The topological polar surface area (TPSA) is 88.6 Å². The van der Waals surface area contributed by atoms with Crippen molar-refractivity contribution in [1.82, 2.24) is 15.2 Å². The zero-order chi connectivity index (χ0) is 23.2. The van der Waals surface area contributed by atoms with Gasteiger partial charge in [0.05, 0.1) is 16.3 Å². The Morgan fingerprint density at radius 2 is 1.94 bits per heavy atom. The molecule has 1 aliphatic heterocycles. The van der Waals surface area contributed by atoms with Gasteiger partial charge in [-0.25, -0.2) is 9.78 Å². The van der Waals surface area contributed by atoms with E-state index in [1.807, 2.05) is 54.6 Å². The molecule has 0 spiro atoms. The van der Waals surface area contributed by atoms with Crippen LogP contribution in [0.4, 0.5) is 4.79 Å². The quantitative estimate of drug-likeness (QED) is 0.403. The summed E-state index contributed by atoms with van der Waals surface area (Å²) < 4.78 is 5.97. The number of hydrogen-bond donors (Lipinski definition) is 1. The molecule has 0 aliphatic carbocycles. The lowest BCUT2D eigenvalue weighted by Crippen LogP contribution is -2.52. The van der Waals surface area contributed by atoms with Crippen LogP contribution >= 0.6 is 11.3 Å². The number of fused-ring (bicyclic) bond motifs is 1. The van der Waals surface area contributed by atoms with Crippen molar-refractivity contribution in [3.05, 3.63) is 77.8 Å². The average Bonchev–Trinajstić information content (AvgIpc) is 3.49. The highest BCUT2D eigenvalue weighted by atomic mass is 32.1. The molecule has 3 aromatic rings. The van der Waals surface area contributed by atoms with Gasteiger partial charge in [0.1, 0.15) is 12.6 Å². The Bertz CT molecular complexity index is 1130. The van der Waals surface area contributed by atoms with E-state index < -0.39 is 18.2 Å². The molecule has 2 heterocycles. The molecule has 1 fully saturated rings. The van der Waals surface area contributed by atoms with Gasteiger partial charge in [0.25, 0.3) is 0 Å². The monoisotopic (exact) mass is 463 g/mol. The molecule has 33 heavy (non-hydrogen) atoms. The van der Waals surface area contributed by atoms with Crippen LogP contribution in [0.5, 0.6) is 0 Å². The second-order valence-corrected chi connectivity index (χ2v) is 8.85. The van der Waals surface area contributed by atoms with Crippen LogP contribution in [-0.2, 0) is 16.0 Å². The van der Waals surface area contributed by atoms with E-state index in [9.17, 15) is 14.4 Å². The standard InChI is InChI=1S/C25H25N3O4S/c1-2-15-32-25(31)27-19(16-17-9-4-3-5-10-17)24(30)28-14-8-12-20(28)22(29)23-26-18-11-6-7-13-21(18)33-23/h2-7,9-11,13,19-20H,1,8,12,14-16H2,(H,27,31)/t19-,20-/m0/s1. The summed E-state index contributed by atoms with van der Waals surface area (Å²) in [4.78, 5) is 45.1. The molecule has 1 aromatic heterocycles. The Balaban J connectivity index is 1.54. The number of Topliss-reactive ketones (excluding diaryl/α,β-unsaturated/α-hetero) is 1. The lowest BCUT2D eigenvalue weighted by atomic mass is 10.0. The Kier molecular flexibility index (Phi) is 7.14. The third-order valence-corrected chi connectivity index (χ3v) is 6.60. The maximum Gasteiger partial charge on any atom is 0.408 e. The molecular weight excluding hydrogens is 438 g/mol. The van der Waals surface area contributed by atoms with Gasteiger partial charge < -0.3 is 15.0 Å². The van der Waals surface area contributed by atoms with E-state index in [1.165, 1.54) is 17.4 Å². The molecule has 0 bridgehead atoms. The van der Waals surface area contributed by atoms with E-state index in [-0.39, 0.29) is 18.3 Å². The minimum atomic E-state index is -0.853. The number of ketones is 1. The van der Waals surface area contributed by atoms with Gasteiger partial charge in [0, 0.05) is 13.0 Å². The number of rotatable bonds is 8. The summed E-state index contributed by atoms with van der Waals surface area (Å²) in [6.45, 7) is 4.02. The fourth-order valence-corrected chi connectivity index (χ4v) is 4.95. The van der Waals surface area contributed by atoms with Crippen molar-refractivity contribution >= 4 is 39.3 Å². The van der Waals surface area contributed by atoms with Crippen LogP contribution in [0.25, 0.3) is 10.2 Å². The van der Waals surface area contributed by atoms with Crippen molar-refractivity contribution in [3.63, 3.8) is 0 Å². The summed E-state index contributed by atoms with van der Waals surface area (Å²) >= 11 is 1.34. The van der Waals surface area contributed by atoms with Gasteiger partial charge in [0.15, 0.2) is 5.01 Å². The summed E-state index contributed by atoms with van der Waals surface area (Å²) in [6, 6.07) is 15.6. The van der Waals surface area contributed by atoms with E-state index in [0.717, 1.165) is 15.8 Å². The fourth-order valence-electron chi connectivity index (χ4n) is 3.99. The molecule has 0 radical (unpaired) electrons. The third kappa shape index (κ3) is 5.28. The number of ether oxygens (including phenoxy) is 1. The Morgan fingerprint density at radius 3 is 2.70 bits per heavy atom. The number of carbonyl (C=O) groups is 3. The Labute approximate surface area is 196 Å². The fraction of sp³-hybridized carbons (Fsp3) is 0.280. The highest BCUT2D eigenvalue weighted by Crippen LogP contribution is 2.27. The molecule has 170 valence electrons. The zero-order valence-electron chi connectivity index (χ0n) is 18.1. The van der Waals surface area contributed by atoms with Crippen molar-refractivity contribution < 1.29 is 19.1 Å². The van der Waals surface area contributed by atoms with Gasteiger partial charge in [-0.15, -0.1) is 11.3 Å². The van der Waals surface area contributed by atoms with Crippen LogP contribution in [0.2, 0.25) is 0 Å². The van der Waals surface area contributed by atoms with E-state index in [0.29, 0.717) is 30.8 Å². The number of amides is 2. The largest absolute Gasteiger partial charge is 0.445 e. The van der Waals surface area contributed by atoms with Gasteiger partial charge in [-0.05, 0) is 30.5 Å². The van der Waals surface area contributed by atoms with Crippen molar-refractivity contribution in [3.8, 4) is 0 Å². The lowest BCUT2D eigenvalue weighted by Gasteiger charge is -2.28.